The van der Waals surface area contributed by atoms with Crippen molar-refractivity contribution >= 4 is 11.8 Å². The van der Waals surface area contributed by atoms with E-state index in [0.717, 1.165) is 12.1 Å². The highest BCUT2D eigenvalue weighted by molar-refractivity contribution is 5.97. The van der Waals surface area contributed by atoms with Crippen LogP contribution in [0.2, 0.25) is 0 Å². The first-order valence-corrected chi connectivity index (χ1v) is 5.99. The Hall–Kier alpha value is -1.85. The van der Waals surface area contributed by atoms with Gasteiger partial charge in [0.15, 0.2) is 0 Å². The van der Waals surface area contributed by atoms with Gasteiger partial charge in [0.05, 0.1) is 18.3 Å². The molecule has 6 heteroatoms. The summed E-state index contributed by atoms with van der Waals surface area (Å²) in [5.41, 5.74) is 1.35. The van der Waals surface area contributed by atoms with E-state index in [2.05, 4.69) is 10.4 Å². The van der Waals surface area contributed by atoms with E-state index < -0.39 is 0 Å². The van der Waals surface area contributed by atoms with Gasteiger partial charge in [-0.15, -0.1) is 0 Å². The van der Waals surface area contributed by atoms with Crippen molar-refractivity contribution in [1.29, 1.82) is 0 Å². The monoisotopic (exact) mass is 252 g/mol. The van der Waals surface area contributed by atoms with Crippen LogP contribution in [0.15, 0.2) is 6.20 Å². The Morgan fingerprint density at radius 1 is 1.50 bits per heavy atom. The van der Waals surface area contributed by atoms with Crippen LogP contribution in [0.5, 0.6) is 0 Å². The highest BCUT2D eigenvalue weighted by Crippen LogP contribution is 2.10. The number of carbonyl (C=O) groups excluding carboxylic acids is 2. The molecule has 100 valence electrons. The van der Waals surface area contributed by atoms with Crippen molar-refractivity contribution in [3.05, 3.63) is 17.5 Å². The number of aromatic nitrogens is 2. The number of rotatable bonds is 5. The second-order valence-corrected chi connectivity index (χ2v) is 4.17. The Labute approximate surface area is 107 Å². The van der Waals surface area contributed by atoms with Gasteiger partial charge in [-0.05, 0) is 13.3 Å². The number of hydrogen-bond acceptors (Lipinski definition) is 3. The average molecular weight is 252 g/mol. The standard InChI is InChI=1S/C12H20N4O2/c1-5-6-16(8-11(17)13-3)12(18)10-7-14-15(4)9(10)2/h7H,5-6,8H2,1-4H3,(H,13,17). The zero-order valence-corrected chi connectivity index (χ0v) is 11.4. The molecular weight excluding hydrogens is 232 g/mol. The van der Waals surface area contributed by atoms with Crippen LogP contribution in [0.4, 0.5) is 0 Å². The summed E-state index contributed by atoms with van der Waals surface area (Å²) in [5.74, 6) is -0.315. The van der Waals surface area contributed by atoms with E-state index in [1.165, 1.54) is 0 Å². The molecule has 0 atom stereocenters. The lowest BCUT2D eigenvalue weighted by atomic mass is 10.2. The molecule has 0 saturated heterocycles. The molecule has 0 spiro atoms. The number of nitrogens with zero attached hydrogens (tertiary/aromatic N) is 3. The van der Waals surface area contributed by atoms with Crippen LogP contribution in [0, 0.1) is 6.92 Å². The lowest BCUT2D eigenvalue weighted by Crippen LogP contribution is -2.40. The number of likely N-dealkylation sites (N-methyl/N-ethyl adjacent to an activating group) is 1. The van der Waals surface area contributed by atoms with Gasteiger partial charge in [-0.3, -0.25) is 14.3 Å². The van der Waals surface area contributed by atoms with Gasteiger partial charge in [0, 0.05) is 26.3 Å². The lowest BCUT2D eigenvalue weighted by molar-refractivity contribution is -0.121. The first kappa shape index (κ1) is 14.2. The fraction of sp³-hybridized carbons (Fsp3) is 0.583. The van der Waals surface area contributed by atoms with Crippen molar-refractivity contribution in [2.75, 3.05) is 20.1 Å². The van der Waals surface area contributed by atoms with E-state index in [4.69, 9.17) is 0 Å². The summed E-state index contributed by atoms with van der Waals surface area (Å²) in [4.78, 5) is 25.3. The van der Waals surface area contributed by atoms with Gasteiger partial charge in [0.25, 0.3) is 5.91 Å². The first-order chi connectivity index (χ1) is 8.51. The molecule has 18 heavy (non-hydrogen) atoms. The third-order valence-corrected chi connectivity index (χ3v) is 2.86. The summed E-state index contributed by atoms with van der Waals surface area (Å²) in [6.45, 7) is 4.45. The molecule has 0 aromatic carbocycles. The average Bonchev–Trinajstić information content (AvgIpc) is 2.68. The molecular formula is C12H20N4O2. The zero-order valence-electron chi connectivity index (χ0n) is 11.4. The van der Waals surface area contributed by atoms with Crippen molar-refractivity contribution in [3.63, 3.8) is 0 Å². The molecule has 0 radical (unpaired) electrons. The molecule has 6 nitrogen and oxygen atoms in total. The lowest BCUT2D eigenvalue weighted by Gasteiger charge is -2.20. The molecule has 1 rings (SSSR count). The van der Waals surface area contributed by atoms with Crippen LogP contribution in [-0.4, -0.2) is 46.6 Å². The molecule has 0 bridgehead atoms. The van der Waals surface area contributed by atoms with E-state index >= 15 is 0 Å². The van der Waals surface area contributed by atoms with Gasteiger partial charge in [0.2, 0.25) is 5.91 Å². The molecule has 2 amide bonds. The number of aryl methyl sites for hydroxylation is 1. The highest BCUT2D eigenvalue weighted by atomic mass is 16.2. The van der Waals surface area contributed by atoms with Gasteiger partial charge in [-0.25, -0.2) is 0 Å². The van der Waals surface area contributed by atoms with Crippen molar-refractivity contribution in [3.8, 4) is 0 Å². The summed E-state index contributed by atoms with van der Waals surface area (Å²) >= 11 is 0. The maximum atomic E-state index is 12.3. The molecule has 1 heterocycles. The minimum Gasteiger partial charge on any atom is -0.358 e. The van der Waals surface area contributed by atoms with Gasteiger partial charge < -0.3 is 10.2 Å². The van der Waals surface area contributed by atoms with E-state index in [0.29, 0.717) is 12.1 Å². The molecule has 1 aromatic rings. The van der Waals surface area contributed by atoms with Crippen LogP contribution >= 0.6 is 0 Å². The summed E-state index contributed by atoms with van der Waals surface area (Å²) in [6, 6.07) is 0. The van der Waals surface area contributed by atoms with E-state index in [1.807, 2.05) is 13.8 Å². The molecule has 0 fully saturated rings. The third kappa shape index (κ3) is 3.09. The number of amides is 2. The van der Waals surface area contributed by atoms with Gasteiger partial charge in [-0.2, -0.15) is 5.10 Å². The molecule has 0 aliphatic heterocycles. The number of nitrogens with one attached hydrogen (secondary N) is 1. The van der Waals surface area contributed by atoms with Gasteiger partial charge >= 0.3 is 0 Å². The fourth-order valence-corrected chi connectivity index (χ4v) is 1.65. The Morgan fingerprint density at radius 2 is 2.17 bits per heavy atom. The summed E-state index contributed by atoms with van der Waals surface area (Å²) in [6.07, 6.45) is 2.35. The van der Waals surface area contributed by atoms with Crippen LogP contribution < -0.4 is 5.32 Å². The minimum atomic E-state index is -0.168. The Morgan fingerprint density at radius 3 is 2.61 bits per heavy atom. The smallest absolute Gasteiger partial charge is 0.257 e. The van der Waals surface area contributed by atoms with E-state index in [9.17, 15) is 9.59 Å². The Balaban J connectivity index is 2.88. The zero-order chi connectivity index (χ0) is 13.7. The van der Waals surface area contributed by atoms with Crippen molar-refractivity contribution in [1.82, 2.24) is 20.0 Å². The van der Waals surface area contributed by atoms with Gasteiger partial charge in [-0.1, -0.05) is 6.92 Å². The highest BCUT2D eigenvalue weighted by Gasteiger charge is 2.21. The third-order valence-electron chi connectivity index (χ3n) is 2.86. The molecule has 1 aromatic heterocycles. The van der Waals surface area contributed by atoms with Crippen molar-refractivity contribution < 1.29 is 9.59 Å². The second kappa shape index (κ2) is 6.18. The Kier molecular flexibility index (Phi) is 4.88. The topological polar surface area (TPSA) is 67.2 Å². The van der Waals surface area contributed by atoms with Crippen molar-refractivity contribution in [2.24, 2.45) is 7.05 Å². The molecule has 0 saturated carbocycles. The predicted molar refractivity (Wildman–Crippen MR) is 68.2 cm³/mol. The summed E-state index contributed by atoms with van der Waals surface area (Å²) in [7, 11) is 3.35. The van der Waals surface area contributed by atoms with Crippen LogP contribution in [0.3, 0.4) is 0 Å². The van der Waals surface area contributed by atoms with E-state index in [-0.39, 0.29) is 18.4 Å². The molecule has 1 N–H and O–H groups in total. The number of hydrogen-bond donors (Lipinski definition) is 1. The van der Waals surface area contributed by atoms with Crippen LogP contribution in [-0.2, 0) is 11.8 Å². The van der Waals surface area contributed by atoms with E-state index in [1.54, 1.807) is 29.9 Å². The van der Waals surface area contributed by atoms with Crippen molar-refractivity contribution in [2.45, 2.75) is 20.3 Å². The Bertz CT molecular complexity index is 439. The minimum absolute atomic E-state index is 0.0809. The summed E-state index contributed by atoms with van der Waals surface area (Å²) < 4.78 is 1.65. The molecule has 0 aliphatic carbocycles. The maximum Gasteiger partial charge on any atom is 0.257 e. The largest absolute Gasteiger partial charge is 0.358 e. The normalized spacial score (nSPS) is 10.2. The van der Waals surface area contributed by atoms with Crippen LogP contribution in [0.25, 0.3) is 0 Å². The summed E-state index contributed by atoms with van der Waals surface area (Å²) in [5, 5.41) is 6.57. The number of carbonyl (C=O) groups is 2. The van der Waals surface area contributed by atoms with Crippen LogP contribution in [0.1, 0.15) is 29.4 Å². The van der Waals surface area contributed by atoms with Gasteiger partial charge in [0.1, 0.15) is 0 Å². The SMILES string of the molecule is CCCN(CC(=O)NC)C(=O)c1cnn(C)c1C. The fourth-order valence-electron chi connectivity index (χ4n) is 1.65. The second-order valence-electron chi connectivity index (χ2n) is 4.17. The maximum absolute atomic E-state index is 12.3. The molecule has 0 aliphatic rings. The first-order valence-electron chi connectivity index (χ1n) is 5.99. The molecule has 0 unspecified atom stereocenters. The predicted octanol–water partition coefficient (Wildman–Crippen LogP) is 0.327. The quantitative estimate of drug-likeness (QED) is 0.821.